The maximum Gasteiger partial charge on any atom is 0.307 e. The molecule has 1 aromatic rings. The summed E-state index contributed by atoms with van der Waals surface area (Å²) >= 11 is 0. The van der Waals surface area contributed by atoms with Crippen LogP contribution in [0.5, 0.6) is 0 Å². The number of pyridine rings is 1. The first-order chi connectivity index (χ1) is 6.20. The quantitative estimate of drug-likeness (QED) is 0.766. The van der Waals surface area contributed by atoms with Gasteiger partial charge in [-0.2, -0.15) is 0 Å². The van der Waals surface area contributed by atoms with Gasteiger partial charge in [-0.3, -0.25) is 9.78 Å². The number of hydrogen-bond acceptors (Lipinski definition) is 2. The highest BCUT2D eigenvalue weighted by Gasteiger charge is 1.93. The van der Waals surface area contributed by atoms with Crippen molar-refractivity contribution in [2.24, 2.45) is 0 Å². The number of aryl methyl sites for hydroxylation is 1. The number of carboxylic acid groups (broad SMARTS) is 1. The molecule has 1 heterocycles. The summed E-state index contributed by atoms with van der Waals surface area (Å²) in [5.74, 6) is -0.821. The zero-order valence-corrected chi connectivity index (χ0v) is 7.40. The van der Waals surface area contributed by atoms with Crippen LogP contribution >= 0.6 is 0 Å². The number of aromatic nitrogens is 1. The summed E-state index contributed by atoms with van der Waals surface area (Å²) in [4.78, 5) is 14.3. The van der Waals surface area contributed by atoms with E-state index in [1.165, 1.54) is 0 Å². The van der Waals surface area contributed by atoms with Crippen molar-refractivity contribution >= 4 is 12.0 Å². The lowest BCUT2D eigenvalue weighted by atomic mass is 10.2. The molecule has 0 fully saturated rings. The molecule has 0 unspecified atom stereocenters. The number of nitrogens with zero attached hydrogens (tertiary/aromatic N) is 1. The third kappa shape index (κ3) is 3.07. The number of hydrogen-bond donors (Lipinski definition) is 1. The average Bonchev–Trinajstić information content (AvgIpc) is 2.08. The van der Waals surface area contributed by atoms with Crippen molar-refractivity contribution in [1.29, 1.82) is 0 Å². The van der Waals surface area contributed by atoms with Gasteiger partial charge in [0.15, 0.2) is 0 Å². The van der Waals surface area contributed by atoms with E-state index in [-0.39, 0.29) is 6.42 Å². The van der Waals surface area contributed by atoms with Gasteiger partial charge < -0.3 is 5.11 Å². The van der Waals surface area contributed by atoms with Crippen LogP contribution in [0.25, 0.3) is 6.08 Å². The molecule has 1 aromatic heterocycles. The molecular formula is C10H11NO2. The predicted molar refractivity (Wildman–Crippen MR) is 50.3 cm³/mol. The summed E-state index contributed by atoms with van der Waals surface area (Å²) in [5.41, 5.74) is 1.87. The lowest BCUT2D eigenvalue weighted by molar-refractivity contribution is -0.135. The molecule has 68 valence electrons. The molecule has 0 aliphatic carbocycles. The van der Waals surface area contributed by atoms with E-state index in [1.54, 1.807) is 18.3 Å². The van der Waals surface area contributed by atoms with Crippen molar-refractivity contribution in [2.75, 3.05) is 0 Å². The molecule has 0 aliphatic heterocycles. The molecular weight excluding hydrogens is 166 g/mol. The highest BCUT2D eigenvalue weighted by Crippen LogP contribution is 2.05. The summed E-state index contributed by atoms with van der Waals surface area (Å²) in [6.07, 6.45) is 5.15. The molecule has 0 amide bonds. The van der Waals surface area contributed by atoms with E-state index in [9.17, 15) is 4.79 Å². The molecule has 3 heteroatoms. The number of carboxylic acids is 1. The Morgan fingerprint density at radius 1 is 1.69 bits per heavy atom. The topological polar surface area (TPSA) is 50.2 Å². The van der Waals surface area contributed by atoms with Crippen molar-refractivity contribution in [3.8, 4) is 0 Å². The fourth-order valence-corrected chi connectivity index (χ4v) is 0.960. The molecule has 1 rings (SSSR count). The monoisotopic (exact) mass is 177 g/mol. The summed E-state index contributed by atoms with van der Waals surface area (Å²) in [6, 6.07) is 3.73. The second-order valence-electron chi connectivity index (χ2n) is 2.68. The van der Waals surface area contributed by atoms with E-state index in [4.69, 9.17) is 5.11 Å². The van der Waals surface area contributed by atoms with Crippen molar-refractivity contribution in [1.82, 2.24) is 4.98 Å². The molecule has 0 aromatic carbocycles. The lowest BCUT2D eigenvalue weighted by Crippen LogP contribution is -1.90. The van der Waals surface area contributed by atoms with Gasteiger partial charge in [0, 0.05) is 11.9 Å². The Kier molecular flexibility index (Phi) is 3.20. The van der Waals surface area contributed by atoms with E-state index < -0.39 is 5.97 Å². The summed E-state index contributed by atoms with van der Waals surface area (Å²) in [6.45, 7) is 1.89. The van der Waals surface area contributed by atoms with E-state index >= 15 is 0 Å². The summed E-state index contributed by atoms with van der Waals surface area (Å²) in [7, 11) is 0. The molecule has 0 saturated carbocycles. The molecule has 0 aliphatic rings. The van der Waals surface area contributed by atoms with Crippen LogP contribution in [0.2, 0.25) is 0 Å². The van der Waals surface area contributed by atoms with Crippen LogP contribution in [0.1, 0.15) is 17.7 Å². The average molecular weight is 177 g/mol. The number of rotatable bonds is 3. The summed E-state index contributed by atoms with van der Waals surface area (Å²) in [5, 5.41) is 8.39. The molecule has 1 N–H and O–H groups in total. The Bertz CT molecular complexity index is 331. The Labute approximate surface area is 76.7 Å². The first kappa shape index (κ1) is 9.45. The fourth-order valence-electron chi connectivity index (χ4n) is 0.960. The van der Waals surface area contributed by atoms with Gasteiger partial charge in [0.2, 0.25) is 0 Å². The van der Waals surface area contributed by atoms with Gasteiger partial charge in [-0.05, 0) is 18.6 Å². The largest absolute Gasteiger partial charge is 0.481 e. The third-order valence-electron chi connectivity index (χ3n) is 1.64. The fraction of sp³-hybridized carbons (Fsp3) is 0.200. The van der Waals surface area contributed by atoms with Crippen molar-refractivity contribution in [3.05, 3.63) is 35.7 Å². The van der Waals surface area contributed by atoms with Crippen LogP contribution in [0, 0.1) is 6.92 Å². The molecule has 0 bridgehead atoms. The van der Waals surface area contributed by atoms with Crippen LogP contribution in [-0.2, 0) is 4.79 Å². The third-order valence-corrected chi connectivity index (χ3v) is 1.64. The van der Waals surface area contributed by atoms with Crippen LogP contribution in [0.3, 0.4) is 0 Å². The highest BCUT2D eigenvalue weighted by atomic mass is 16.4. The van der Waals surface area contributed by atoms with E-state index in [1.807, 2.05) is 19.1 Å². The molecule has 3 nitrogen and oxygen atoms in total. The normalized spacial score (nSPS) is 10.5. The zero-order chi connectivity index (χ0) is 9.68. The van der Waals surface area contributed by atoms with Crippen LogP contribution in [0.4, 0.5) is 0 Å². The lowest BCUT2D eigenvalue weighted by Gasteiger charge is -1.96. The Morgan fingerprint density at radius 3 is 3.08 bits per heavy atom. The Hall–Kier alpha value is -1.64. The zero-order valence-electron chi connectivity index (χ0n) is 7.40. The first-order valence-corrected chi connectivity index (χ1v) is 4.00. The van der Waals surface area contributed by atoms with Gasteiger partial charge in [0.05, 0.1) is 6.42 Å². The number of carbonyl (C=O) groups is 1. The minimum absolute atomic E-state index is 0.0499. The van der Waals surface area contributed by atoms with Gasteiger partial charge in [0.25, 0.3) is 0 Å². The van der Waals surface area contributed by atoms with Crippen molar-refractivity contribution in [2.45, 2.75) is 13.3 Å². The standard InChI is InChI=1S/C10H11NO2/c1-8-9(5-3-7-11-8)4-2-6-10(12)13/h2-5,7H,6H2,1H3,(H,12,13). The van der Waals surface area contributed by atoms with E-state index in [0.29, 0.717) is 0 Å². The SMILES string of the molecule is Cc1ncccc1C=CCC(=O)O. The van der Waals surface area contributed by atoms with Crippen LogP contribution in [0.15, 0.2) is 24.4 Å². The molecule has 0 saturated heterocycles. The summed E-state index contributed by atoms with van der Waals surface area (Å²) < 4.78 is 0. The van der Waals surface area contributed by atoms with E-state index in [2.05, 4.69) is 4.98 Å². The van der Waals surface area contributed by atoms with E-state index in [0.717, 1.165) is 11.3 Å². The van der Waals surface area contributed by atoms with Gasteiger partial charge >= 0.3 is 5.97 Å². The molecule has 0 radical (unpaired) electrons. The molecule has 13 heavy (non-hydrogen) atoms. The first-order valence-electron chi connectivity index (χ1n) is 4.00. The second kappa shape index (κ2) is 4.40. The van der Waals surface area contributed by atoms with Gasteiger partial charge in [-0.1, -0.05) is 18.2 Å². The second-order valence-corrected chi connectivity index (χ2v) is 2.68. The minimum Gasteiger partial charge on any atom is -0.481 e. The van der Waals surface area contributed by atoms with Gasteiger partial charge in [-0.25, -0.2) is 0 Å². The van der Waals surface area contributed by atoms with Crippen LogP contribution in [-0.4, -0.2) is 16.1 Å². The molecule has 0 atom stereocenters. The van der Waals surface area contributed by atoms with Crippen molar-refractivity contribution < 1.29 is 9.90 Å². The number of aliphatic carboxylic acids is 1. The smallest absolute Gasteiger partial charge is 0.307 e. The van der Waals surface area contributed by atoms with Gasteiger partial charge in [0.1, 0.15) is 0 Å². The minimum atomic E-state index is -0.821. The maximum atomic E-state index is 10.2. The Morgan fingerprint density at radius 2 is 2.46 bits per heavy atom. The predicted octanol–water partition coefficient (Wildman–Crippen LogP) is 1.88. The Balaban J connectivity index is 2.68. The van der Waals surface area contributed by atoms with Gasteiger partial charge in [-0.15, -0.1) is 0 Å². The maximum absolute atomic E-state index is 10.2. The van der Waals surface area contributed by atoms with Crippen LogP contribution < -0.4 is 0 Å². The van der Waals surface area contributed by atoms with Crippen molar-refractivity contribution in [3.63, 3.8) is 0 Å². The molecule has 0 spiro atoms. The highest BCUT2D eigenvalue weighted by molar-refractivity contribution is 5.70.